The van der Waals surface area contributed by atoms with Crippen LogP contribution in [0.1, 0.15) is 5.56 Å². The van der Waals surface area contributed by atoms with Crippen molar-refractivity contribution in [2.24, 2.45) is 0 Å². The molecule has 0 spiro atoms. The summed E-state index contributed by atoms with van der Waals surface area (Å²) in [7, 11) is 0. The largest absolute Gasteiger partial charge is 0.432 e. The van der Waals surface area contributed by atoms with E-state index in [0.717, 1.165) is 17.1 Å². The van der Waals surface area contributed by atoms with Crippen LogP contribution in [-0.4, -0.2) is 31.8 Å². The molecule has 120 valence electrons. The molecule has 0 fully saturated rings. The van der Waals surface area contributed by atoms with Crippen molar-refractivity contribution in [3.05, 3.63) is 47.9 Å². The highest BCUT2D eigenvalue weighted by Gasteiger charge is 2.18. The number of pyridine rings is 1. The standard InChI is InChI=1S/C14H7F3N6O/c15-9-4-5-10(19-7-9)13-20-22-23(21-13)12-8(6-18)2-1-3-11(12)24-14(16)17/h1-5,7,14H. The van der Waals surface area contributed by atoms with Crippen molar-refractivity contribution < 1.29 is 17.9 Å². The van der Waals surface area contributed by atoms with Gasteiger partial charge in [0.25, 0.3) is 0 Å². The predicted octanol–water partition coefficient (Wildman–Crippen LogP) is 2.34. The lowest BCUT2D eigenvalue weighted by Crippen LogP contribution is -2.09. The van der Waals surface area contributed by atoms with E-state index in [2.05, 4.69) is 25.1 Å². The number of nitrogens with zero attached hydrogens (tertiary/aromatic N) is 6. The first-order chi connectivity index (χ1) is 11.6. The average Bonchev–Trinajstić information content (AvgIpc) is 3.04. The van der Waals surface area contributed by atoms with E-state index >= 15 is 0 Å². The van der Waals surface area contributed by atoms with Gasteiger partial charge in [-0.15, -0.1) is 15.0 Å². The predicted molar refractivity (Wildman–Crippen MR) is 73.7 cm³/mol. The van der Waals surface area contributed by atoms with Crippen LogP contribution in [0.25, 0.3) is 17.2 Å². The molecule has 10 heteroatoms. The number of alkyl halides is 2. The molecular weight excluding hydrogens is 325 g/mol. The first-order valence-electron chi connectivity index (χ1n) is 6.48. The lowest BCUT2D eigenvalue weighted by Gasteiger charge is -2.10. The van der Waals surface area contributed by atoms with Crippen LogP contribution in [0, 0.1) is 17.1 Å². The highest BCUT2D eigenvalue weighted by Crippen LogP contribution is 2.27. The second kappa shape index (κ2) is 6.33. The van der Waals surface area contributed by atoms with Crippen molar-refractivity contribution in [1.29, 1.82) is 5.26 Å². The maximum atomic E-state index is 12.9. The molecule has 7 nitrogen and oxygen atoms in total. The molecule has 0 atom stereocenters. The Balaban J connectivity index is 2.06. The Hall–Kier alpha value is -3.48. The summed E-state index contributed by atoms with van der Waals surface area (Å²) in [4.78, 5) is 4.68. The molecule has 2 aromatic heterocycles. The first-order valence-corrected chi connectivity index (χ1v) is 6.48. The van der Waals surface area contributed by atoms with Crippen molar-refractivity contribution in [2.75, 3.05) is 0 Å². The van der Waals surface area contributed by atoms with Crippen LogP contribution in [0.3, 0.4) is 0 Å². The number of nitriles is 1. The molecule has 0 aliphatic heterocycles. The SMILES string of the molecule is N#Cc1cccc(OC(F)F)c1-n1nnc(-c2ccc(F)cn2)n1. The number of benzene rings is 1. The normalized spacial score (nSPS) is 10.6. The van der Waals surface area contributed by atoms with Gasteiger partial charge in [0, 0.05) is 0 Å². The third kappa shape index (κ3) is 3.00. The summed E-state index contributed by atoms with van der Waals surface area (Å²) in [6, 6.07) is 8.38. The van der Waals surface area contributed by atoms with Crippen LogP contribution in [0.4, 0.5) is 13.2 Å². The van der Waals surface area contributed by atoms with Crippen LogP contribution in [0.2, 0.25) is 0 Å². The number of hydrogen-bond acceptors (Lipinski definition) is 6. The molecule has 0 bridgehead atoms. The lowest BCUT2D eigenvalue weighted by molar-refractivity contribution is -0.0499. The zero-order valence-electron chi connectivity index (χ0n) is 11.8. The van der Waals surface area contributed by atoms with Gasteiger partial charge in [0.05, 0.1) is 11.8 Å². The third-order valence-electron chi connectivity index (χ3n) is 2.91. The van der Waals surface area contributed by atoms with Gasteiger partial charge in [-0.05, 0) is 29.5 Å². The summed E-state index contributed by atoms with van der Waals surface area (Å²) >= 11 is 0. The van der Waals surface area contributed by atoms with Gasteiger partial charge in [0.2, 0.25) is 5.82 Å². The molecule has 0 amide bonds. The van der Waals surface area contributed by atoms with Gasteiger partial charge in [-0.2, -0.15) is 14.0 Å². The molecule has 0 aliphatic rings. The molecule has 0 saturated heterocycles. The molecule has 0 aliphatic carbocycles. The fourth-order valence-corrected chi connectivity index (χ4v) is 1.93. The smallest absolute Gasteiger partial charge is 0.387 e. The fraction of sp³-hybridized carbons (Fsp3) is 0.0714. The van der Waals surface area contributed by atoms with E-state index < -0.39 is 12.4 Å². The maximum absolute atomic E-state index is 12.9. The minimum atomic E-state index is -3.08. The van der Waals surface area contributed by atoms with Crippen LogP contribution >= 0.6 is 0 Å². The second-order valence-corrected chi connectivity index (χ2v) is 4.41. The molecule has 0 saturated carbocycles. The molecule has 3 rings (SSSR count). The van der Waals surface area contributed by atoms with Crippen LogP contribution in [-0.2, 0) is 0 Å². The number of rotatable bonds is 4. The second-order valence-electron chi connectivity index (χ2n) is 4.41. The molecule has 2 heterocycles. The fourth-order valence-electron chi connectivity index (χ4n) is 1.93. The van der Waals surface area contributed by atoms with E-state index in [4.69, 9.17) is 5.26 Å². The number of para-hydroxylation sites is 1. The monoisotopic (exact) mass is 332 g/mol. The summed E-state index contributed by atoms with van der Waals surface area (Å²) < 4.78 is 42.4. The number of hydrogen-bond donors (Lipinski definition) is 0. The number of tetrazole rings is 1. The van der Waals surface area contributed by atoms with Gasteiger partial charge in [-0.25, -0.2) is 9.37 Å². The lowest BCUT2D eigenvalue weighted by atomic mass is 10.2. The van der Waals surface area contributed by atoms with E-state index in [1.54, 1.807) is 0 Å². The molecule has 3 aromatic rings. The van der Waals surface area contributed by atoms with Gasteiger partial charge in [0.15, 0.2) is 5.75 Å². The Bertz CT molecular complexity index is 904. The van der Waals surface area contributed by atoms with E-state index in [0.29, 0.717) is 0 Å². The van der Waals surface area contributed by atoms with E-state index in [9.17, 15) is 13.2 Å². The highest BCUT2D eigenvalue weighted by molar-refractivity contribution is 5.57. The van der Waals surface area contributed by atoms with Gasteiger partial charge in [0.1, 0.15) is 23.3 Å². The number of halogens is 3. The van der Waals surface area contributed by atoms with Crippen molar-refractivity contribution in [3.8, 4) is 29.0 Å². The Labute approximate surface area is 132 Å². The van der Waals surface area contributed by atoms with Crippen molar-refractivity contribution in [3.63, 3.8) is 0 Å². The van der Waals surface area contributed by atoms with Crippen molar-refractivity contribution >= 4 is 0 Å². The van der Waals surface area contributed by atoms with Crippen LogP contribution < -0.4 is 4.74 Å². The quantitative estimate of drug-likeness (QED) is 0.728. The van der Waals surface area contributed by atoms with E-state index in [1.807, 2.05) is 6.07 Å². The summed E-state index contributed by atoms with van der Waals surface area (Å²) in [5.41, 5.74) is 0.166. The molecule has 24 heavy (non-hydrogen) atoms. The Morgan fingerprint density at radius 3 is 2.71 bits per heavy atom. The Morgan fingerprint density at radius 2 is 2.04 bits per heavy atom. The Morgan fingerprint density at radius 1 is 1.21 bits per heavy atom. The summed E-state index contributed by atoms with van der Waals surface area (Å²) in [6.45, 7) is -3.08. The zero-order valence-corrected chi connectivity index (χ0v) is 11.8. The Kier molecular flexibility index (Phi) is 4.07. The minimum Gasteiger partial charge on any atom is -0.432 e. The summed E-state index contributed by atoms with van der Waals surface area (Å²) in [5.74, 6) is -0.778. The van der Waals surface area contributed by atoms with Crippen LogP contribution in [0.15, 0.2) is 36.5 Å². The van der Waals surface area contributed by atoms with Crippen molar-refractivity contribution in [1.82, 2.24) is 25.2 Å². The molecular formula is C14H7F3N6O. The average molecular weight is 332 g/mol. The maximum Gasteiger partial charge on any atom is 0.387 e. The van der Waals surface area contributed by atoms with Crippen LogP contribution in [0.5, 0.6) is 5.75 Å². The summed E-state index contributed by atoms with van der Waals surface area (Å²) in [6.07, 6.45) is 0.977. The molecule has 0 radical (unpaired) electrons. The number of ether oxygens (including phenoxy) is 1. The van der Waals surface area contributed by atoms with E-state index in [1.165, 1.54) is 24.3 Å². The number of aromatic nitrogens is 5. The van der Waals surface area contributed by atoms with Gasteiger partial charge in [-0.3, -0.25) is 0 Å². The minimum absolute atomic E-state index is 0.0177. The van der Waals surface area contributed by atoms with Gasteiger partial charge < -0.3 is 4.74 Å². The van der Waals surface area contributed by atoms with Crippen molar-refractivity contribution in [2.45, 2.75) is 6.61 Å². The summed E-state index contributed by atoms with van der Waals surface area (Å²) in [5, 5.41) is 20.6. The van der Waals surface area contributed by atoms with Gasteiger partial charge in [-0.1, -0.05) is 6.07 Å². The van der Waals surface area contributed by atoms with E-state index in [-0.39, 0.29) is 28.5 Å². The zero-order chi connectivity index (χ0) is 17.1. The van der Waals surface area contributed by atoms with Gasteiger partial charge >= 0.3 is 6.61 Å². The molecule has 1 aromatic carbocycles. The topological polar surface area (TPSA) is 89.5 Å². The molecule has 0 N–H and O–H groups in total. The first kappa shape index (κ1) is 15.4. The highest BCUT2D eigenvalue weighted by atomic mass is 19.3. The third-order valence-corrected chi connectivity index (χ3v) is 2.91. The molecule has 0 unspecified atom stereocenters.